The van der Waals surface area contributed by atoms with Gasteiger partial charge >= 0.3 is 0 Å². The lowest BCUT2D eigenvalue weighted by atomic mass is 10.0. The molecule has 0 saturated carbocycles. The smallest absolute Gasteiger partial charge is 0.251 e. The molecule has 2 aromatic carbocycles. The summed E-state index contributed by atoms with van der Waals surface area (Å²) in [6, 6.07) is 15.7. The van der Waals surface area contributed by atoms with E-state index in [0.717, 1.165) is 36.0 Å². The Bertz CT molecular complexity index is 826. The van der Waals surface area contributed by atoms with Crippen LogP contribution in [-0.2, 0) is 6.54 Å². The van der Waals surface area contributed by atoms with Crippen LogP contribution in [0.2, 0.25) is 0 Å². The average molecular weight is 322 g/mol. The Kier molecular flexibility index (Phi) is 4.89. The third-order valence-electron chi connectivity index (χ3n) is 4.16. The fourth-order valence-corrected chi connectivity index (χ4v) is 2.88. The first-order valence-electron chi connectivity index (χ1n) is 8.42. The Balaban J connectivity index is 1.82. The first kappa shape index (κ1) is 16.2. The minimum atomic E-state index is -0.0785. The monoisotopic (exact) mass is 322 g/mol. The zero-order chi connectivity index (χ0) is 16.9. The molecule has 3 aromatic rings. The van der Waals surface area contributed by atoms with Crippen molar-refractivity contribution < 1.29 is 4.79 Å². The van der Waals surface area contributed by atoms with Crippen molar-refractivity contribution in [3.05, 3.63) is 59.7 Å². The summed E-state index contributed by atoms with van der Waals surface area (Å²) in [7, 11) is 0. The van der Waals surface area contributed by atoms with Crippen molar-refractivity contribution >= 4 is 16.9 Å². The molecule has 0 fully saturated rings. The number of rotatable bonds is 6. The van der Waals surface area contributed by atoms with Crippen molar-refractivity contribution in [2.75, 3.05) is 0 Å². The van der Waals surface area contributed by atoms with E-state index in [9.17, 15) is 4.79 Å². The number of fused-ring (bicyclic) bond motifs is 1. The first-order valence-corrected chi connectivity index (χ1v) is 8.42. The lowest BCUT2D eigenvalue weighted by Gasteiger charge is -2.18. The number of carbonyl (C=O) groups excluding carboxylic acids is 1. The highest BCUT2D eigenvalue weighted by Crippen LogP contribution is 2.20. The van der Waals surface area contributed by atoms with Crippen LogP contribution in [0.4, 0.5) is 0 Å². The largest absolute Gasteiger partial charge is 0.345 e. The Morgan fingerprint density at radius 2 is 1.96 bits per heavy atom. The molecular weight excluding hydrogens is 300 g/mol. The van der Waals surface area contributed by atoms with Crippen LogP contribution in [0, 0.1) is 0 Å². The number of aryl methyl sites for hydroxylation is 1. The maximum atomic E-state index is 12.7. The molecule has 3 rings (SSSR count). The molecular formula is C19H22N4O. The molecule has 1 N–H and O–H groups in total. The maximum absolute atomic E-state index is 12.7. The quantitative estimate of drug-likeness (QED) is 0.752. The van der Waals surface area contributed by atoms with Crippen molar-refractivity contribution in [1.29, 1.82) is 0 Å². The number of aromatic nitrogens is 3. The molecule has 0 spiro atoms. The zero-order valence-electron chi connectivity index (χ0n) is 14.1. The van der Waals surface area contributed by atoms with E-state index in [1.54, 1.807) is 6.07 Å². The summed E-state index contributed by atoms with van der Waals surface area (Å²) < 4.78 is 1.82. The van der Waals surface area contributed by atoms with Gasteiger partial charge in [0.1, 0.15) is 5.52 Å². The molecule has 24 heavy (non-hydrogen) atoms. The average Bonchev–Trinajstić information content (AvgIpc) is 3.04. The molecule has 0 saturated heterocycles. The topological polar surface area (TPSA) is 59.8 Å². The van der Waals surface area contributed by atoms with Crippen molar-refractivity contribution in [1.82, 2.24) is 20.3 Å². The molecule has 1 unspecified atom stereocenters. The second-order valence-corrected chi connectivity index (χ2v) is 5.83. The summed E-state index contributed by atoms with van der Waals surface area (Å²) in [5.74, 6) is -0.0785. The van der Waals surface area contributed by atoms with Crippen LogP contribution in [0.15, 0.2) is 48.5 Å². The lowest BCUT2D eigenvalue weighted by Crippen LogP contribution is -2.28. The number of nitrogens with zero attached hydrogens (tertiary/aromatic N) is 3. The summed E-state index contributed by atoms with van der Waals surface area (Å²) in [6.07, 6.45) is 1.91. The van der Waals surface area contributed by atoms with Gasteiger partial charge in [-0.3, -0.25) is 4.79 Å². The predicted octanol–water partition coefficient (Wildman–Crippen LogP) is 3.72. The summed E-state index contributed by atoms with van der Waals surface area (Å²) in [5.41, 5.74) is 3.44. The third kappa shape index (κ3) is 3.30. The number of nitrogens with one attached hydrogen (secondary N) is 1. The summed E-state index contributed by atoms with van der Waals surface area (Å²) in [6.45, 7) is 4.90. The van der Waals surface area contributed by atoms with Gasteiger partial charge in [-0.15, -0.1) is 5.10 Å². The van der Waals surface area contributed by atoms with Gasteiger partial charge in [0.2, 0.25) is 0 Å². The Morgan fingerprint density at radius 1 is 1.17 bits per heavy atom. The summed E-state index contributed by atoms with van der Waals surface area (Å²) >= 11 is 0. The van der Waals surface area contributed by atoms with Gasteiger partial charge in [-0.1, -0.05) is 48.9 Å². The number of amides is 1. The highest BCUT2D eigenvalue weighted by atomic mass is 16.1. The second-order valence-electron chi connectivity index (χ2n) is 5.83. The van der Waals surface area contributed by atoms with Crippen LogP contribution in [-0.4, -0.2) is 20.9 Å². The molecule has 0 bridgehead atoms. The molecule has 1 aromatic heterocycles. The van der Waals surface area contributed by atoms with Gasteiger partial charge in [-0.2, -0.15) is 0 Å². The van der Waals surface area contributed by atoms with Gasteiger partial charge in [-0.05, 0) is 37.1 Å². The third-order valence-corrected chi connectivity index (χ3v) is 4.16. The number of benzene rings is 2. The SMILES string of the molecule is CCCC(NC(=O)c1ccc2c(c1)nnn2CC)c1ccccc1. The number of carbonyl (C=O) groups is 1. The van der Waals surface area contributed by atoms with E-state index in [-0.39, 0.29) is 11.9 Å². The van der Waals surface area contributed by atoms with E-state index in [1.807, 2.05) is 41.9 Å². The fourth-order valence-electron chi connectivity index (χ4n) is 2.88. The summed E-state index contributed by atoms with van der Waals surface area (Å²) in [4.78, 5) is 12.7. The van der Waals surface area contributed by atoms with Crippen molar-refractivity contribution in [3.63, 3.8) is 0 Å². The van der Waals surface area contributed by atoms with Crippen molar-refractivity contribution in [2.24, 2.45) is 0 Å². The molecule has 1 amide bonds. The molecule has 5 heteroatoms. The van der Waals surface area contributed by atoms with Crippen molar-refractivity contribution in [3.8, 4) is 0 Å². The van der Waals surface area contributed by atoms with Gasteiger partial charge in [0.25, 0.3) is 5.91 Å². The highest BCUT2D eigenvalue weighted by Gasteiger charge is 2.16. The van der Waals surface area contributed by atoms with Gasteiger partial charge in [0.05, 0.1) is 11.6 Å². The van der Waals surface area contributed by atoms with E-state index >= 15 is 0 Å². The normalized spacial score (nSPS) is 12.2. The Hall–Kier alpha value is -2.69. The van der Waals surface area contributed by atoms with Crippen LogP contribution in [0.5, 0.6) is 0 Å². The molecule has 1 heterocycles. The minimum Gasteiger partial charge on any atom is -0.345 e. The second kappa shape index (κ2) is 7.25. The molecule has 5 nitrogen and oxygen atoms in total. The molecule has 0 radical (unpaired) electrons. The van der Waals surface area contributed by atoms with E-state index in [0.29, 0.717) is 5.56 Å². The zero-order valence-corrected chi connectivity index (χ0v) is 14.1. The number of hydrogen-bond acceptors (Lipinski definition) is 3. The van der Waals surface area contributed by atoms with Gasteiger partial charge < -0.3 is 5.32 Å². The molecule has 0 aliphatic heterocycles. The van der Waals surface area contributed by atoms with Crippen LogP contribution >= 0.6 is 0 Å². The van der Waals surface area contributed by atoms with E-state index in [1.165, 1.54) is 0 Å². The lowest BCUT2D eigenvalue weighted by molar-refractivity contribution is 0.0934. The van der Waals surface area contributed by atoms with Gasteiger partial charge in [0, 0.05) is 12.1 Å². The van der Waals surface area contributed by atoms with Gasteiger partial charge in [-0.25, -0.2) is 4.68 Å². The number of hydrogen-bond donors (Lipinski definition) is 1. The fraction of sp³-hybridized carbons (Fsp3) is 0.316. The molecule has 1 atom stereocenters. The van der Waals surface area contributed by atoms with Crippen LogP contribution in [0.3, 0.4) is 0 Å². The predicted molar refractivity (Wildman–Crippen MR) is 94.8 cm³/mol. The summed E-state index contributed by atoms with van der Waals surface area (Å²) in [5, 5.41) is 11.4. The van der Waals surface area contributed by atoms with Crippen molar-refractivity contribution in [2.45, 2.75) is 39.3 Å². The van der Waals surface area contributed by atoms with Gasteiger partial charge in [0.15, 0.2) is 0 Å². The van der Waals surface area contributed by atoms with E-state index < -0.39 is 0 Å². The molecule has 124 valence electrons. The standard InChI is InChI=1S/C19H22N4O/c1-3-8-16(14-9-6-5-7-10-14)20-19(24)15-11-12-18-17(13-15)21-22-23(18)4-2/h5-7,9-13,16H,3-4,8H2,1-2H3,(H,20,24). The Labute approximate surface area is 141 Å². The van der Waals surface area contributed by atoms with E-state index in [2.05, 4.69) is 34.7 Å². The Morgan fingerprint density at radius 3 is 2.67 bits per heavy atom. The van der Waals surface area contributed by atoms with E-state index in [4.69, 9.17) is 0 Å². The minimum absolute atomic E-state index is 0.0192. The molecule has 0 aliphatic rings. The van der Waals surface area contributed by atoms with Crippen LogP contribution in [0.1, 0.15) is 48.7 Å². The van der Waals surface area contributed by atoms with Crippen LogP contribution in [0.25, 0.3) is 11.0 Å². The highest BCUT2D eigenvalue weighted by molar-refractivity contribution is 5.97. The van der Waals surface area contributed by atoms with Crippen LogP contribution < -0.4 is 5.32 Å². The maximum Gasteiger partial charge on any atom is 0.251 e. The first-order chi connectivity index (χ1) is 11.7. The molecule has 0 aliphatic carbocycles.